The summed E-state index contributed by atoms with van der Waals surface area (Å²) >= 11 is 0. The molecule has 4 rings (SSSR count). The van der Waals surface area contributed by atoms with Crippen LogP contribution >= 0.6 is 0 Å². The molecule has 6 nitrogen and oxygen atoms in total. The fourth-order valence-corrected chi connectivity index (χ4v) is 4.36. The van der Waals surface area contributed by atoms with Crippen molar-refractivity contribution >= 4 is 5.91 Å². The van der Waals surface area contributed by atoms with Crippen LogP contribution in [0.15, 0.2) is 10.6 Å². The molecule has 6 heteroatoms. The lowest BCUT2D eigenvalue weighted by Gasteiger charge is -2.48. The van der Waals surface area contributed by atoms with Crippen molar-refractivity contribution in [1.82, 2.24) is 15.0 Å². The highest BCUT2D eigenvalue weighted by atomic mass is 16.5. The molecule has 3 aliphatic rings. The Morgan fingerprint density at radius 2 is 2.09 bits per heavy atom. The molecule has 1 aromatic heterocycles. The van der Waals surface area contributed by atoms with E-state index in [1.165, 1.54) is 12.8 Å². The Labute approximate surface area is 136 Å². The minimum atomic E-state index is -0.00456. The second-order valence-electron chi connectivity index (χ2n) is 7.08. The molecular formula is C17H25N3O3. The van der Waals surface area contributed by atoms with Crippen molar-refractivity contribution in [1.29, 1.82) is 0 Å². The Bertz CT molecular complexity index is 567. The Hall–Kier alpha value is -1.40. The van der Waals surface area contributed by atoms with Gasteiger partial charge in [0.2, 0.25) is 0 Å². The smallest absolute Gasteiger partial charge is 0.276 e. The van der Waals surface area contributed by atoms with Gasteiger partial charge in [-0.25, -0.2) is 0 Å². The SMILES string of the molecule is Cc1cc(C(=O)N2C[C@@H]3CCCO[C@@H]3[C@H](N3CCCC3)C2)no1. The summed E-state index contributed by atoms with van der Waals surface area (Å²) in [6.07, 6.45) is 5.04. The molecule has 0 aromatic carbocycles. The Balaban J connectivity index is 1.55. The van der Waals surface area contributed by atoms with Crippen molar-refractivity contribution in [2.24, 2.45) is 5.92 Å². The summed E-state index contributed by atoms with van der Waals surface area (Å²) in [7, 11) is 0. The third-order valence-electron chi connectivity index (χ3n) is 5.48. The van der Waals surface area contributed by atoms with Gasteiger partial charge in [-0.1, -0.05) is 5.16 Å². The molecule has 1 aromatic rings. The summed E-state index contributed by atoms with van der Waals surface area (Å²) in [5.74, 6) is 1.12. The molecule has 0 saturated carbocycles. The molecule has 3 atom stereocenters. The van der Waals surface area contributed by atoms with Gasteiger partial charge in [0.1, 0.15) is 5.76 Å². The number of fused-ring (bicyclic) bond motifs is 1. The normalized spacial score (nSPS) is 32.0. The van der Waals surface area contributed by atoms with Crippen molar-refractivity contribution in [2.45, 2.75) is 44.8 Å². The van der Waals surface area contributed by atoms with Crippen molar-refractivity contribution in [3.8, 4) is 0 Å². The second-order valence-corrected chi connectivity index (χ2v) is 7.08. The Morgan fingerprint density at radius 1 is 1.26 bits per heavy atom. The summed E-state index contributed by atoms with van der Waals surface area (Å²) in [4.78, 5) is 17.3. The quantitative estimate of drug-likeness (QED) is 0.830. The van der Waals surface area contributed by atoms with Gasteiger partial charge < -0.3 is 14.2 Å². The molecule has 0 bridgehead atoms. The van der Waals surface area contributed by atoms with E-state index in [0.29, 0.717) is 23.4 Å². The maximum absolute atomic E-state index is 12.8. The molecule has 126 valence electrons. The monoisotopic (exact) mass is 319 g/mol. The lowest BCUT2D eigenvalue weighted by atomic mass is 9.84. The largest absolute Gasteiger partial charge is 0.376 e. The highest BCUT2D eigenvalue weighted by Crippen LogP contribution is 2.33. The van der Waals surface area contributed by atoms with Gasteiger partial charge in [-0.15, -0.1) is 0 Å². The summed E-state index contributed by atoms with van der Waals surface area (Å²) in [5, 5.41) is 3.91. The lowest BCUT2D eigenvalue weighted by molar-refractivity contribution is -0.104. The van der Waals surface area contributed by atoms with Gasteiger partial charge in [0, 0.05) is 31.7 Å². The van der Waals surface area contributed by atoms with Gasteiger partial charge in [-0.3, -0.25) is 9.69 Å². The third-order valence-corrected chi connectivity index (χ3v) is 5.48. The summed E-state index contributed by atoms with van der Waals surface area (Å²) in [5.41, 5.74) is 0.429. The molecule has 0 aliphatic carbocycles. The van der Waals surface area contributed by atoms with Gasteiger partial charge in [0.05, 0.1) is 12.1 Å². The minimum Gasteiger partial charge on any atom is -0.376 e. The molecule has 1 amide bonds. The molecule has 3 fully saturated rings. The number of hydrogen-bond donors (Lipinski definition) is 0. The summed E-state index contributed by atoms with van der Waals surface area (Å²) < 4.78 is 11.2. The van der Waals surface area contributed by atoms with Gasteiger partial charge >= 0.3 is 0 Å². The van der Waals surface area contributed by atoms with Crippen molar-refractivity contribution in [3.63, 3.8) is 0 Å². The van der Waals surface area contributed by atoms with E-state index >= 15 is 0 Å². The first-order chi connectivity index (χ1) is 11.2. The van der Waals surface area contributed by atoms with Gasteiger partial charge in [0.25, 0.3) is 5.91 Å². The number of likely N-dealkylation sites (tertiary alicyclic amines) is 2. The number of ether oxygens (including phenoxy) is 1. The lowest BCUT2D eigenvalue weighted by Crippen LogP contribution is -2.61. The van der Waals surface area contributed by atoms with Crippen LogP contribution in [0.4, 0.5) is 0 Å². The zero-order valence-corrected chi connectivity index (χ0v) is 13.7. The van der Waals surface area contributed by atoms with Crippen LogP contribution in [-0.2, 0) is 4.74 Å². The number of carbonyl (C=O) groups is 1. The van der Waals surface area contributed by atoms with Crippen LogP contribution in [0.2, 0.25) is 0 Å². The van der Waals surface area contributed by atoms with Gasteiger partial charge in [-0.05, 0) is 45.7 Å². The van der Waals surface area contributed by atoms with E-state index in [0.717, 1.165) is 45.6 Å². The second kappa shape index (κ2) is 6.24. The molecule has 4 heterocycles. The number of hydrogen-bond acceptors (Lipinski definition) is 5. The van der Waals surface area contributed by atoms with Crippen LogP contribution in [0.1, 0.15) is 41.9 Å². The number of piperidine rings is 1. The number of aromatic nitrogens is 1. The molecule has 0 spiro atoms. The Kier molecular flexibility index (Phi) is 4.11. The van der Waals surface area contributed by atoms with E-state index in [1.54, 1.807) is 6.07 Å². The van der Waals surface area contributed by atoms with E-state index in [1.807, 2.05) is 11.8 Å². The number of nitrogens with zero attached hydrogens (tertiary/aromatic N) is 3. The van der Waals surface area contributed by atoms with Crippen molar-refractivity contribution < 1.29 is 14.1 Å². The average Bonchev–Trinajstić information content (AvgIpc) is 3.24. The predicted octanol–water partition coefficient (Wildman–Crippen LogP) is 1.70. The van der Waals surface area contributed by atoms with Crippen LogP contribution < -0.4 is 0 Å². The Morgan fingerprint density at radius 3 is 2.83 bits per heavy atom. The fraction of sp³-hybridized carbons (Fsp3) is 0.765. The van der Waals surface area contributed by atoms with E-state index in [-0.39, 0.29) is 12.0 Å². The fourth-order valence-electron chi connectivity index (χ4n) is 4.36. The molecule has 0 radical (unpaired) electrons. The first kappa shape index (κ1) is 15.1. The zero-order valence-electron chi connectivity index (χ0n) is 13.7. The van der Waals surface area contributed by atoms with E-state index in [9.17, 15) is 4.79 Å². The highest BCUT2D eigenvalue weighted by Gasteiger charge is 2.44. The molecule has 0 N–H and O–H groups in total. The van der Waals surface area contributed by atoms with Gasteiger partial charge in [-0.2, -0.15) is 0 Å². The maximum Gasteiger partial charge on any atom is 0.276 e. The molecular weight excluding hydrogens is 294 g/mol. The number of carbonyl (C=O) groups excluding carboxylic acids is 1. The molecule has 3 aliphatic heterocycles. The van der Waals surface area contributed by atoms with Crippen molar-refractivity contribution in [2.75, 3.05) is 32.8 Å². The molecule has 3 saturated heterocycles. The highest BCUT2D eigenvalue weighted by molar-refractivity contribution is 5.92. The average molecular weight is 319 g/mol. The minimum absolute atomic E-state index is 0.00456. The predicted molar refractivity (Wildman–Crippen MR) is 84.2 cm³/mol. The van der Waals surface area contributed by atoms with Crippen LogP contribution in [0.3, 0.4) is 0 Å². The van der Waals surface area contributed by atoms with Crippen molar-refractivity contribution in [3.05, 3.63) is 17.5 Å². The molecule has 0 unspecified atom stereocenters. The number of rotatable bonds is 2. The first-order valence-corrected chi connectivity index (χ1v) is 8.80. The number of amides is 1. The third kappa shape index (κ3) is 2.90. The van der Waals surface area contributed by atoms with Crippen LogP contribution in [-0.4, -0.2) is 65.8 Å². The molecule has 23 heavy (non-hydrogen) atoms. The summed E-state index contributed by atoms with van der Waals surface area (Å²) in [6.45, 7) is 6.45. The standard InChI is InChI=1S/C17H25N3O3/c1-12-9-14(18-23-12)17(21)20-10-13-5-4-8-22-16(13)15(11-20)19-6-2-3-7-19/h9,13,15-16H,2-8,10-11H2,1H3/t13-,15+,16-/m0/s1. The summed E-state index contributed by atoms with van der Waals surface area (Å²) in [6, 6.07) is 2.06. The van der Waals surface area contributed by atoms with E-state index in [2.05, 4.69) is 10.1 Å². The van der Waals surface area contributed by atoms with Gasteiger partial charge in [0.15, 0.2) is 5.69 Å². The van der Waals surface area contributed by atoms with Crippen LogP contribution in [0.5, 0.6) is 0 Å². The van der Waals surface area contributed by atoms with E-state index < -0.39 is 0 Å². The van der Waals surface area contributed by atoms with E-state index in [4.69, 9.17) is 9.26 Å². The zero-order chi connectivity index (χ0) is 15.8. The maximum atomic E-state index is 12.8. The topological polar surface area (TPSA) is 58.8 Å². The first-order valence-electron chi connectivity index (χ1n) is 8.80. The van der Waals surface area contributed by atoms with Crippen LogP contribution in [0.25, 0.3) is 0 Å². The van der Waals surface area contributed by atoms with Crippen LogP contribution in [0, 0.1) is 12.8 Å². The number of aryl methyl sites for hydroxylation is 1.